The van der Waals surface area contributed by atoms with Gasteiger partial charge < -0.3 is 20.4 Å². The van der Waals surface area contributed by atoms with Crippen molar-refractivity contribution in [2.24, 2.45) is 5.92 Å². The number of benzene rings is 2. The first-order valence-electron chi connectivity index (χ1n) is 11.3. The van der Waals surface area contributed by atoms with E-state index in [1.807, 2.05) is 54.4 Å². The van der Waals surface area contributed by atoms with Gasteiger partial charge in [-0.15, -0.1) is 0 Å². The number of amides is 1. The van der Waals surface area contributed by atoms with Crippen molar-refractivity contribution in [1.82, 2.24) is 10.2 Å². The van der Waals surface area contributed by atoms with E-state index in [2.05, 4.69) is 5.32 Å². The number of fused-ring (bicyclic) bond motifs is 1. The highest BCUT2D eigenvalue weighted by atomic mass is 16.3. The van der Waals surface area contributed by atoms with Gasteiger partial charge in [-0.1, -0.05) is 36.4 Å². The molecule has 4 atom stereocenters. The summed E-state index contributed by atoms with van der Waals surface area (Å²) in [5, 5.41) is 24.3. The maximum absolute atomic E-state index is 12.9. The van der Waals surface area contributed by atoms with E-state index in [1.54, 1.807) is 12.1 Å². The summed E-state index contributed by atoms with van der Waals surface area (Å²) >= 11 is 0. The topological polar surface area (TPSA) is 72.8 Å². The van der Waals surface area contributed by atoms with Gasteiger partial charge in [0.05, 0.1) is 0 Å². The molecule has 1 amide bonds. The van der Waals surface area contributed by atoms with Gasteiger partial charge >= 0.3 is 0 Å². The molecule has 2 aromatic rings. The number of nitrogens with zero attached hydrogens (tertiary/aromatic N) is 1. The molecular formula is C26H30N2O3. The Balaban J connectivity index is 1.42. The number of phenols is 2. The van der Waals surface area contributed by atoms with Crippen LogP contribution < -0.4 is 5.32 Å². The normalized spacial score (nSPS) is 29.3. The Bertz CT molecular complexity index is 1020. The molecule has 5 heteroatoms. The fourth-order valence-corrected chi connectivity index (χ4v) is 6.35. The van der Waals surface area contributed by atoms with Crippen molar-refractivity contribution in [2.45, 2.75) is 49.6 Å². The van der Waals surface area contributed by atoms with Crippen LogP contribution in [0.1, 0.15) is 42.4 Å². The van der Waals surface area contributed by atoms with Crippen molar-refractivity contribution < 1.29 is 15.0 Å². The zero-order valence-electron chi connectivity index (χ0n) is 17.9. The van der Waals surface area contributed by atoms with Gasteiger partial charge in [0.25, 0.3) is 0 Å². The molecule has 1 heterocycles. The van der Waals surface area contributed by atoms with Crippen molar-refractivity contribution in [3.05, 3.63) is 65.2 Å². The Hall–Kier alpha value is -2.79. The number of phenolic OH excluding ortho intramolecular Hbond substituents is 2. The summed E-state index contributed by atoms with van der Waals surface area (Å²) in [7, 11) is 1.91. The van der Waals surface area contributed by atoms with E-state index >= 15 is 0 Å². The maximum atomic E-state index is 12.9. The van der Waals surface area contributed by atoms with E-state index < -0.39 is 0 Å². The Morgan fingerprint density at radius 3 is 2.77 bits per heavy atom. The number of hydrogen-bond donors (Lipinski definition) is 3. The lowest BCUT2D eigenvalue weighted by molar-refractivity contribution is -0.128. The van der Waals surface area contributed by atoms with Crippen LogP contribution in [0.4, 0.5) is 0 Å². The summed E-state index contributed by atoms with van der Waals surface area (Å²) in [6, 6.07) is 14.0. The number of carbonyl (C=O) groups is 1. The third-order valence-electron chi connectivity index (χ3n) is 7.92. The second-order valence-corrected chi connectivity index (χ2v) is 9.37. The molecule has 1 saturated heterocycles. The largest absolute Gasteiger partial charge is 0.504 e. The molecule has 0 radical (unpaired) electrons. The highest BCUT2D eigenvalue weighted by Crippen LogP contribution is 2.56. The van der Waals surface area contributed by atoms with E-state index in [1.165, 1.54) is 5.56 Å². The van der Waals surface area contributed by atoms with Crippen LogP contribution in [-0.2, 0) is 16.6 Å². The molecular weight excluding hydrogens is 388 g/mol. The molecule has 162 valence electrons. The number of piperidine rings is 1. The van der Waals surface area contributed by atoms with Crippen LogP contribution in [0, 0.1) is 5.92 Å². The third-order valence-corrected chi connectivity index (χ3v) is 7.92. The van der Waals surface area contributed by atoms with Crippen LogP contribution in [0.25, 0.3) is 6.08 Å². The van der Waals surface area contributed by atoms with Crippen LogP contribution in [-0.4, -0.2) is 46.7 Å². The minimum atomic E-state index is -0.0602. The van der Waals surface area contributed by atoms with Crippen molar-refractivity contribution >= 4 is 12.0 Å². The molecule has 31 heavy (non-hydrogen) atoms. The zero-order chi connectivity index (χ0) is 21.6. The Morgan fingerprint density at radius 1 is 1.16 bits per heavy atom. The van der Waals surface area contributed by atoms with Crippen LogP contribution in [0.15, 0.2) is 48.5 Å². The van der Waals surface area contributed by atoms with Gasteiger partial charge in [-0.2, -0.15) is 0 Å². The molecule has 2 aromatic carbocycles. The molecule has 5 nitrogen and oxygen atoms in total. The van der Waals surface area contributed by atoms with Crippen molar-refractivity contribution in [2.75, 3.05) is 13.6 Å². The van der Waals surface area contributed by atoms with E-state index in [4.69, 9.17) is 0 Å². The van der Waals surface area contributed by atoms with Crippen molar-refractivity contribution in [3.63, 3.8) is 0 Å². The summed E-state index contributed by atoms with van der Waals surface area (Å²) in [5.41, 5.74) is 3.02. The minimum Gasteiger partial charge on any atom is -0.504 e. The summed E-state index contributed by atoms with van der Waals surface area (Å²) in [6.07, 6.45) is 8.23. The van der Waals surface area contributed by atoms with E-state index in [0.29, 0.717) is 12.0 Å². The fourth-order valence-electron chi connectivity index (χ4n) is 6.35. The summed E-state index contributed by atoms with van der Waals surface area (Å²) in [4.78, 5) is 14.8. The average molecular weight is 419 g/mol. The van der Waals surface area contributed by atoms with E-state index in [0.717, 1.165) is 49.8 Å². The quantitative estimate of drug-likeness (QED) is 0.526. The molecule has 1 saturated carbocycles. The fraction of sp³-hybridized carbons (Fsp3) is 0.423. The molecule has 0 spiro atoms. The average Bonchev–Trinajstić information content (AvgIpc) is 2.79. The monoisotopic (exact) mass is 418 g/mol. The number of hydrogen-bond acceptors (Lipinski definition) is 4. The first-order valence-corrected chi connectivity index (χ1v) is 11.3. The van der Waals surface area contributed by atoms with Crippen molar-refractivity contribution in [1.29, 1.82) is 0 Å². The molecule has 3 aliphatic rings. The van der Waals surface area contributed by atoms with Crippen LogP contribution in [0.3, 0.4) is 0 Å². The lowest BCUT2D eigenvalue weighted by Crippen LogP contribution is -2.62. The van der Waals surface area contributed by atoms with Gasteiger partial charge in [-0.05, 0) is 67.8 Å². The van der Waals surface area contributed by atoms with E-state index in [9.17, 15) is 15.0 Å². The molecule has 0 unspecified atom stereocenters. The second-order valence-electron chi connectivity index (χ2n) is 9.37. The number of likely N-dealkylation sites (N-methyl/N-ethyl adjacent to an activating group) is 1. The second kappa shape index (κ2) is 7.72. The van der Waals surface area contributed by atoms with E-state index in [-0.39, 0.29) is 28.9 Å². The van der Waals surface area contributed by atoms with Gasteiger partial charge in [0.1, 0.15) is 0 Å². The summed E-state index contributed by atoms with van der Waals surface area (Å²) < 4.78 is 0. The zero-order valence-corrected chi connectivity index (χ0v) is 17.9. The number of rotatable bonds is 3. The number of carbonyl (C=O) groups excluding carboxylic acids is 1. The number of aromatic hydroxyl groups is 2. The SMILES string of the molecule is CN(C(=O)C=Cc1ccccc1)[C@@H]1CC[C@H]2[C@H]3Cc4c(ccc(O)c4O)[C@@]2(CCN3)C1. The predicted octanol–water partition coefficient (Wildman–Crippen LogP) is 3.59. The van der Waals surface area contributed by atoms with Gasteiger partial charge in [0.15, 0.2) is 11.5 Å². The number of nitrogens with one attached hydrogen (secondary N) is 1. The maximum Gasteiger partial charge on any atom is 0.246 e. The van der Waals surface area contributed by atoms with Crippen LogP contribution >= 0.6 is 0 Å². The van der Waals surface area contributed by atoms with Gasteiger partial charge in [0.2, 0.25) is 5.91 Å². The first-order chi connectivity index (χ1) is 15.0. The van der Waals surface area contributed by atoms with Gasteiger partial charge in [0, 0.05) is 36.2 Å². The minimum absolute atomic E-state index is 0.0266. The Labute approximate surface area is 183 Å². The molecule has 1 aliphatic heterocycles. The molecule has 3 N–H and O–H groups in total. The smallest absolute Gasteiger partial charge is 0.246 e. The molecule has 2 fully saturated rings. The summed E-state index contributed by atoms with van der Waals surface area (Å²) in [5.74, 6) is 0.509. The van der Waals surface area contributed by atoms with Crippen LogP contribution in [0.2, 0.25) is 0 Å². The lowest BCUT2D eigenvalue weighted by Gasteiger charge is -2.58. The summed E-state index contributed by atoms with van der Waals surface area (Å²) in [6.45, 7) is 0.945. The Morgan fingerprint density at radius 2 is 1.97 bits per heavy atom. The van der Waals surface area contributed by atoms with Gasteiger partial charge in [-0.3, -0.25) is 4.79 Å². The Kier molecular flexibility index (Phi) is 5.01. The predicted molar refractivity (Wildman–Crippen MR) is 121 cm³/mol. The molecule has 2 aliphatic carbocycles. The standard InChI is InChI=1S/C26H30N2O3/c1-28(24(30)12-7-17-5-3-2-4-6-17)18-8-9-21-22-15-19-20(10-11-23(29)25(19)31)26(21,16-18)13-14-27-22/h2-7,10-12,18,21-22,27,29,31H,8-9,13-16H2,1H3/t18-,21+,22-,26-/m1/s1. The van der Waals surface area contributed by atoms with Gasteiger partial charge in [-0.25, -0.2) is 0 Å². The molecule has 2 bridgehead atoms. The lowest BCUT2D eigenvalue weighted by atomic mass is 9.51. The first kappa shape index (κ1) is 20.1. The molecule has 0 aromatic heterocycles. The third kappa shape index (κ3) is 3.32. The van der Waals surface area contributed by atoms with Crippen molar-refractivity contribution in [3.8, 4) is 11.5 Å². The van der Waals surface area contributed by atoms with Crippen LogP contribution in [0.5, 0.6) is 11.5 Å². The highest BCUT2D eigenvalue weighted by molar-refractivity contribution is 5.91. The molecule has 5 rings (SSSR count). The highest BCUT2D eigenvalue weighted by Gasteiger charge is 2.54.